The van der Waals surface area contributed by atoms with E-state index in [0.29, 0.717) is 25.0 Å². The normalized spacial score (nSPS) is 14.2. The van der Waals surface area contributed by atoms with Crippen molar-refractivity contribution < 1.29 is 4.79 Å². The van der Waals surface area contributed by atoms with E-state index >= 15 is 0 Å². The van der Waals surface area contributed by atoms with Gasteiger partial charge in [0.05, 0.1) is 6.54 Å². The van der Waals surface area contributed by atoms with Gasteiger partial charge < -0.3 is 16.0 Å². The van der Waals surface area contributed by atoms with Crippen LogP contribution in [0.5, 0.6) is 0 Å². The molecule has 0 spiro atoms. The van der Waals surface area contributed by atoms with Gasteiger partial charge in [-0.3, -0.25) is 4.79 Å². The summed E-state index contributed by atoms with van der Waals surface area (Å²) in [6, 6.07) is 8.31. The summed E-state index contributed by atoms with van der Waals surface area (Å²) >= 11 is 0. The standard InChI is InChI=1S/C16H24N4O.HI/c1-3-5-15(21)19-13-7-4-6-12(10-13)11-18-16(17)20(2)14-8-9-14;/h4,6-7,10,14H,3,5,8-9,11H2,1-2H3,(H2,17,18)(H,19,21);1H. The van der Waals surface area contributed by atoms with E-state index in [-0.39, 0.29) is 29.9 Å². The fraction of sp³-hybridized carbons (Fsp3) is 0.500. The summed E-state index contributed by atoms with van der Waals surface area (Å²) in [6.07, 6.45) is 3.79. The zero-order valence-corrected chi connectivity index (χ0v) is 15.5. The molecule has 0 saturated heterocycles. The number of carbonyl (C=O) groups is 1. The van der Waals surface area contributed by atoms with Gasteiger partial charge in [-0.1, -0.05) is 19.1 Å². The van der Waals surface area contributed by atoms with E-state index in [2.05, 4.69) is 10.3 Å². The number of benzene rings is 1. The summed E-state index contributed by atoms with van der Waals surface area (Å²) in [5.74, 6) is 0.629. The minimum atomic E-state index is 0. The Morgan fingerprint density at radius 3 is 2.82 bits per heavy atom. The molecule has 0 atom stereocenters. The van der Waals surface area contributed by atoms with Gasteiger partial charge in [-0.05, 0) is 37.0 Å². The number of nitrogens with one attached hydrogen (secondary N) is 1. The summed E-state index contributed by atoms with van der Waals surface area (Å²) < 4.78 is 0. The molecule has 0 radical (unpaired) electrons. The van der Waals surface area contributed by atoms with Crippen molar-refractivity contribution in [1.29, 1.82) is 0 Å². The monoisotopic (exact) mass is 416 g/mol. The van der Waals surface area contributed by atoms with Crippen LogP contribution < -0.4 is 11.1 Å². The maximum Gasteiger partial charge on any atom is 0.224 e. The SMILES string of the molecule is CCCC(=O)Nc1cccc(CN=C(N)N(C)C2CC2)c1.I. The van der Waals surface area contributed by atoms with Gasteiger partial charge in [0.15, 0.2) is 5.96 Å². The molecule has 1 fully saturated rings. The van der Waals surface area contributed by atoms with Crippen molar-refractivity contribution in [2.45, 2.75) is 45.2 Å². The Labute approximate surface area is 149 Å². The van der Waals surface area contributed by atoms with Crippen LogP contribution >= 0.6 is 24.0 Å². The number of guanidine groups is 1. The smallest absolute Gasteiger partial charge is 0.224 e. The third-order valence-corrected chi connectivity index (χ3v) is 3.57. The van der Waals surface area contributed by atoms with E-state index in [1.807, 2.05) is 43.1 Å². The van der Waals surface area contributed by atoms with Gasteiger partial charge in [0.2, 0.25) is 5.91 Å². The van der Waals surface area contributed by atoms with Crippen molar-refractivity contribution in [2.24, 2.45) is 10.7 Å². The highest BCUT2D eigenvalue weighted by Gasteiger charge is 2.27. The molecule has 1 amide bonds. The highest BCUT2D eigenvalue weighted by Crippen LogP contribution is 2.25. The molecule has 0 heterocycles. The molecule has 0 unspecified atom stereocenters. The number of nitrogens with zero attached hydrogens (tertiary/aromatic N) is 2. The van der Waals surface area contributed by atoms with Crippen LogP contribution in [-0.2, 0) is 11.3 Å². The van der Waals surface area contributed by atoms with E-state index in [9.17, 15) is 4.79 Å². The lowest BCUT2D eigenvalue weighted by atomic mass is 10.2. The second kappa shape index (κ2) is 8.97. The second-order valence-electron chi connectivity index (χ2n) is 5.52. The topological polar surface area (TPSA) is 70.7 Å². The molecule has 122 valence electrons. The highest BCUT2D eigenvalue weighted by atomic mass is 127. The molecule has 0 bridgehead atoms. The van der Waals surface area contributed by atoms with Gasteiger partial charge in [-0.15, -0.1) is 24.0 Å². The van der Waals surface area contributed by atoms with Crippen LogP contribution in [0.25, 0.3) is 0 Å². The van der Waals surface area contributed by atoms with Gasteiger partial charge in [0.25, 0.3) is 0 Å². The van der Waals surface area contributed by atoms with Crippen molar-refractivity contribution in [3.63, 3.8) is 0 Å². The van der Waals surface area contributed by atoms with Gasteiger partial charge in [-0.2, -0.15) is 0 Å². The third kappa shape index (κ3) is 5.82. The number of hydrogen-bond donors (Lipinski definition) is 2. The van der Waals surface area contributed by atoms with Gasteiger partial charge in [0.1, 0.15) is 0 Å². The molecule has 22 heavy (non-hydrogen) atoms. The molecule has 1 aromatic rings. The fourth-order valence-electron chi connectivity index (χ4n) is 2.13. The van der Waals surface area contributed by atoms with E-state index < -0.39 is 0 Å². The van der Waals surface area contributed by atoms with Crippen molar-refractivity contribution in [1.82, 2.24) is 4.90 Å². The Balaban J connectivity index is 0.00000242. The minimum Gasteiger partial charge on any atom is -0.370 e. The molecule has 1 saturated carbocycles. The predicted molar refractivity (Wildman–Crippen MR) is 102 cm³/mol. The average Bonchev–Trinajstić information content (AvgIpc) is 3.29. The molecular weight excluding hydrogens is 391 g/mol. The van der Waals surface area contributed by atoms with Crippen LogP contribution in [0.1, 0.15) is 38.2 Å². The molecule has 5 nitrogen and oxygen atoms in total. The Morgan fingerprint density at radius 1 is 1.45 bits per heavy atom. The number of nitrogens with two attached hydrogens (primary N) is 1. The Morgan fingerprint density at radius 2 is 2.18 bits per heavy atom. The molecule has 1 aliphatic rings. The Kier molecular flexibility index (Phi) is 7.64. The summed E-state index contributed by atoms with van der Waals surface area (Å²) in [5.41, 5.74) is 7.82. The average molecular weight is 416 g/mol. The molecule has 2 rings (SSSR count). The summed E-state index contributed by atoms with van der Waals surface area (Å²) in [5, 5.41) is 2.89. The maximum absolute atomic E-state index is 11.6. The van der Waals surface area contributed by atoms with E-state index in [1.54, 1.807) is 0 Å². The fourth-order valence-corrected chi connectivity index (χ4v) is 2.13. The minimum absolute atomic E-state index is 0. The van der Waals surface area contributed by atoms with Crippen LogP contribution in [0, 0.1) is 0 Å². The first-order valence-corrected chi connectivity index (χ1v) is 7.51. The van der Waals surface area contributed by atoms with Crippen molar-refractivity contribution >= 4 is 41.5 Å². The summed E-state index contributed by atoms with van der Waals surface area (Å²) in [7, 11) is 1.98. The highest BCUT2D eigenvalue weighted by molar-refractivity contribution is 14.0. The van der Waals surface area contributed by atoms with Crippen LogP contribution in [0.3, 0.4) is 0 Å². The van der Waals surface area contributed by atoms with Gasteiger partial charge >= 0.3 is 0 Å². The zero-order valence-electron chi connectivity index (χ0n) is 13.2. The lowest BCUT2D eigenvalue weighted by molar-refractivity contribution is -0.116. The van der Waals surface area contributed by atoms with Crippen LogP contribution in [0.2, 0.25) is 0 Å². The van der Waals surface area contributed by atoms with Gasteiger partial charge in [-0.25, -0.2) is 4.99 Å². The first-order valence-electron chi connectivity index (χ1n) is 7.51. The Bertz CT molecular complexity index is 529. The number of amides is 1. The van der Waals surface area contributed by atoms with Crippen LogP contribution in [-0.4, -0.2) is 29.9 Å². The lowest BCUT2D eigenvalue weighted by Crippen LogP contribution is -2.35. The molecule has 1 aromatic carbocycles. The molecule has 0 aromatic heterocycles. The maximum atomic E-state index is 11.6. The number of anilines is 1. The summed E-state index contributed by atoms with van der Waals surface area (Å²) in [4.78, 5) is 18.1. The van der Waals surface area contributed by atoms with Gasteiger partial charge in [0, 0.05) is 25.2 Å². The Hall–Kier alpha value is -1.31. The van der Waals surface area contributed by atoms with E-state index in [1.165, 1.54) is 12.8 Å². The second-order valence-corrected chi connectivity index (χ2v) is 5.52. The number of aliphatic imine (C=N–C) groups is 1. The number of carbonyl (C=O) groups excluding carboxylic acids is 1. The molecule has 6 heteroatoms. The van der Waals surface area contributed by atoms with E-state index in [0.717, 1.165) is 17.7 Å². The molecular formula is C16H25IN4O. The predicted octanol–water partition coefficient (Wildman–Crippen LogP) is 2.95. The first kappa shape index (κ1) is 18.7. The van der Waals surface area contributed by atoms with E-state index in [4.69, 9.17) is 5.73 Å². The number of rotatable bonds is 6. The lowest BCUT2D eigenvalue weighted by Gasteiger charge is -2.16. The van der Waals surface area contributed by atoms with Crippen LogP contribution in [0.4, 0.5) is 5.69 Å². The number of halogens is 1. The molecule has 3 N–H and O–H groups in total. The molecule has 1 aliphatic carbocycles. The van der Waals surface area contributed by atoms with Crippen LogP contribution in [0.15, 0.2) is 29.3 Å². The largest absolute Gasteiger partial charge is 0.370 e. The van der Waals surface area contributed by atoms with Crippen molar-refractivity contribution in [3.05, 3.63) is 29.8 Å². The number of hydrogen-bond acceptors (Lipinski definition) is 2. The first-order chi connectivity index (χ1) is 10.1. The quantitative estimate of drug-likeness (QED) is 0.426. The summed E-state index contributed by atoms with van der Waals surface area (Å²) in [6.45, 7) is 2.52. The third-order valence-electron chi connectivity index (χ3n) is 3.57. The zero-order chi connectivity index (χ0) is 15.2. The van der Waals surface area contributed by atoms with Crippen molar-refractivity contribution in [2.75, 3.05) is 12.4 Å². The van der Waals surface area contributed by atoms with Crippen molar-refractivity contribution in [3.8, 4) is 0 Å². The molecule has 0 aliphatic heterocycles.